The molecule has 1 aromatic heterocycles. The lowest BCUT2D eigenvalue weighted by Gasteiger charge is -2.02. The van der Waals surface area contributed by atoms with E-state index in [2.05, 4.69) is 10.3 Å². The summed E-state index contributed by atoms with van der Waals surface area (Å²) in [5, 5.41) is 19.2. The number of hydrogen-bond acceptors (Lipinski definition) is 4. The van der Waals surface area contributed by atoms with Crippen LogP contribution in [0.2, 0.25) is 5.15 Å². The Hall–Kier alpha value is -2.73. The van der Waals surface area contributed by atoms with Gasteiger partial charge >= 0.3 is 0 Å². The number of nitro benzene ring substituents is 1. The smallest absolute Gasteiger partial charge is 0.258 e. The van der Waals surface area contributed by atoms with Gasteiger partial charge in [0.2, 0.25) is 0 Å². The lowest BCUT2D eigenvalue weighted by atomic mass is 10.1. The molecule has 110 valence electrons. The lowest BCUT2D eigenvalue weighted by molar-refractivity contribution is -0.384. The van der Waals surface area contributed by atoms with Gasteiger partial charge in [-0.25, -0.2) is 4.68 Å². The van der Waals surface area contributed by atoms with Crippen LogP contribution in [0.4, 0.5) is 5.69 Å². The number of rotatable bonds is 4. The zero-order valence-electron chi connectivity index (χ0n) is 11.4. The minimum absolute atomic E-state index is 0.0246. The van der Waals surface area contributed by atoms with E-state index in [0.717, 1.165) is 5.56 Å². The van der Waals surface area contributed by atoms with E-state index in [1.165, 1.54) is 12.1 Å². The minimum Gasteiger partial charge on any atom is -0.258 e. The van der Waals surface area contributed by atoms with Crippen molar-refractivity contribution in [2.24, 2.45) is 0 Å². The fourth-order valence-electron chi connectivity index (χ4n) is 2.08. The minimum atomic E-state index is -0.447. The normalized spacial score (nSPS) is 10.6. The zero-order chi connectivity index (χ0) is 15.5. The van der Waals surface area contributed by atoms with Crippen LogP contribution in [-0.4, -0.2) is 19.9 Å². The Balaban J connectivity index is 1.88. The summed E-state index contributed by atoms with van der Waals surface area (Å²) < 4.78 is 1.59. The molecule has 3 rings (SSSR count). The summed E-state index contributed by atoms with van der Waals surface area (Å²) in [6.45, 7) is 0.514. The molecule has 0 fully saturated rings. The van der Waals surface area contributed by atoms with Gasteiger partial charge in [-0.15, -0.1) is 5.10 Å². The van der Waals surface area contributed by atoms with Crippen molar-refractivity contribution in [3.05, 3.63) is 75.4 Å². The number of hydrogen-bond donors (Lipinski definition) is 0. The van der Waals surface area contributed by atoms with E-state index in [0.29, 0.717) is 23.0 Å². The fourth-order valence-corrected chi connectivity index (χ4v) is 2.32. The van der Waals surface area contributed by atoms with E-state index >= 15 is 0 Å². The van der Waals surface area contributed by atoms with Crippen molar-refractivity contribution >= 4 is 17.3 Å². The molecule has 6 nitrogen and oxygen atoms in total. The van der Waals surface area contributed by atoms with Crippen LogP contribution in [0.3, 0.4) is 0 Å². The molecule has 0 spiro atoms. The second-order valence-electron chi connectivity index (χ2n) is 4.68. The maximum atomic E-state index is 10.7. The molecule has 0 radical (unpaired) electrons. The van der Waals surface area contributed by atoms with Crippen LogP contribution in [0.1, 0.15) is 5.56 Å². The Morgan fingerprint density at radius 1 is 1.09 bits per heavy atom. The summed E-state index contributed by atoms with van der Waals surface area (Å²) in [6.07, 6.45) is 0. The molecule has 7 heteroatoms. The van der Waals surface area contributed by atoms with Crippen LogP contribution in [0, 0.1) is 10.1 Å². The largest absolute Gasteiger partial charge is 0.269 e. The third-order valence-electron chi connectivity index (χ3n) is 3.20. The molecule has 0 unspecified atom stereocenters. The van der Waals surface area contributed by atoms with Gasteiger partial charge in [-0.1, -0.05) is 47.1 Å². The third-order valence-corrected chi connectivity index (χ3v) is 3.58. The number of aromatic nitrogens is 3. The summed E-state index contributed by atoms with van der Waals surface area (Å²) >= 11 is 6.32. The molecule has 0 amide bonds. The number of benzene rings is 2. The van der Waals surface area contributed by atoms with Crippen molar-refractivity contribution < 1.29 is 4.92 Å². The summed E-state index contributed by atoms with van der Waals surface area (Å²) in [7, 11) is 0. The molecule has 0 N–H and O–H groups in total. The Labute approximate surface area is 131 Å². The Kier molecular flexibility index (Phi) is 3.84. The van der Waals surface area contributed by atoms with E-state index in [-0.39, 0.29) is 5.69 Å². The second-order valence-corrected chi connectivity index (χ2v) is 5.03. The molecular weight excluding hydrogens is 304 g/mol. The van der Waals surface area contributed by atoms with Gasteiger partial charge in [-0.05, 0) is 17.7 Å². The van der Waals surface area contributed by atoms with Gasteiger partial charge in [-0.2, -0.15) is 0 Å². The highest BCUT2D eigenvalue weighted by Gasteiger charge is 2.14. The predicted molar refractivity (Wildman–Crippen MR) is 82.7 cm³/mol. The molecule has 0 atom stereocenters. The quantitative estimate of drug-likeness (QED) is 0.545. The first-order valence-corrected chi connectivity index (χ1v) is 6.90. The van der Waals surface area contributed by atoms with E-state index < -0.39 is 4.92 Å². The molecule has 0 aliphatic carbocycles. The molecule has 0 bridgehead atoms. The summed E-state index contributed by atoms with van der Waals surface area (Å²) in [5.74, 6) is 0. The van der Waals surface area contributed by atoms with Gasteiger partial charge in [0.05, 0.1) is 11.5 Å². The molecule has 0 aliphatic heterocycles. The van der Waals surface area contributed by atoms with Crippen molar-refractivity contribution in [2.75, 3.05) is 0 Å². The lowest BCUT2D eigenvalue weighted by Crippen LogP contribution is -2.01. The van der Waals surface area contributed by atoms with E-state index in [1.807, 2.05) is 30.3 Å². The van der Waals surface area contributed by atoms with E-state index in [1.54, 1.807) is 16.8 Å². The van der Waals surface area contributed by atoms with Crippen molar-refractivity contribution in [1.29, 1.82) is 0 Å². The van der Waals surface area contributed by atoms with Gasteiger partial charge in [0.25, 0.3) is 5.69 Å². The molecule has 22 heavy (non-hydrogen) atoms. The van der Waals surface area contributed by atoms with Crippen molar-refractivity contribution in [1.82, 2.24) is 15.0 Å². The average Bonchev–Trinajstić information content (AvgIpc) is 2.89. The molecule has 0 saturated heterocycles. The highest BCUT2D eigenvalue weighted by Crippen LogP contribution is 2.27. The number of non-ortho nitro benzene ring substituents is 1. The van der Waals surface area contributed by atoms with Gasteiger partial charge in [0.1, 0.15) is 5.69 Å². The number of nitro groups is 1. The van der Waals surface area contributed by atoms with Crippen molar-refractivity contribution in [2.45, 2.75) is 6.54 Å². The molecular formula is C15H11ClN4O2. The Bertz CT molecular complexity index is 800. The van der Waals surface area contributed by atoms with Crippen LogP contribution in [-0.2, 0) is 6.54 Å². The highest BCUT2D eigenvalue weighted by atomic mass is 35.5. The van der Waals surface area contributed by atoms with Crippen LogP contribution >= 0.6 is 11.6 Å². The van der Waals surface area contributed by atoms with Crippen LogP contribution < -0.4 is 0 Å². The fraction of sp³-hybridized carbons (Fsp3) is 0.0667. The van der Waals surface area contributed by atoms with Crippen molar-refractivity contribution in [3.8, 4) is 11.3 Å². The van der Waals surface area contributed by atoms with E-state index in [9.17, 15) is 10.1 Å². The van der Waals surface area contributed by atoms with Gasteiger partial charge in [0, 0.05) is 17.7 Å². The first kappa shape index (κ1) is 14.2. The van der Waals surface area contributed by atoms with Gasteiger partial charge in [-0.3, -0.25) is 10.1 Å². The van der Waals surface area contributed by atoms with Gasteiger partial charge in [0.15, 0.2) is 5.15 Å². The van der Waals surface area contributed by atoms with E-state index in [4.69, 9.17) is 11.6 Å². The molecule has 0 aliphatic rings. The zero-order valence-corrected chi connectivity index (χ0v) is 12.1. The first-order valence-electron chi connectivity index (χ1n) is 6.53. The molecule has 1 heterocycles. The second kappa shape index (κ2) is 5.95. The standard InChI is InChI=1S/C15H11ClN4O2/c16-15-14(12-6-8-13(9-7-12)20(21)22)17-18-19(15)10-11-4-2-1-3-5-11/h1-9H,10H2. The Morgan fingerprint density at radius 3 is 2.41 bits per heavy atom. The van der Waals surface area contributed by atoms with Crippen LogP contribution in [0.15, 0.2) is 54.6 Å². The molecule has 2 aromatic carbocycles. The summed E-state index contributed by atoms with van der Waals surface area (Å²) in [5.41, 5.74) is 2.28. The SMILES string of the molecule is O=[N+]([O-])c1ccc(-c2nnn(Cc3ccccc3)c2Cl)cc1. The first-order chi connectivity index (χ1) is 10.6. The number of halogens is 1. The molecule has 3 aromatic rings. The summed E-state index contributed by atoms with van der Waals surface area (Å²) in [4.78, 5) is 10.2. The third kappa shape index (κ3) is 2.82. The van der Waals surface area contributed by atoms with Crippen molar-refractivity contribution in [3.63, 3.8) is 0 Å². The number of nitrogens with zero attached hydrogens (tertiary/aromatic N) is 4. The van der Waals surface area contributed by atoms with Crippen LogP contribution in [0.5, 0.6) is 0 Å². The maximum absolute atomic E-state index is 10.7. The topological polar surface area (TPSA) is 73.8 Å². The monoisotopic (exact) mass is 314 g/mol. The Morgan fingerprint density at radius 2 is 1.77 bits per heavy atom. The average molecular weight is 315 g/mol. The molecule has 0 saturated carbocycles. The predicted octanol–water partition coefficient (Wildman–Crippen LogP) is 3.56. The highest BCUT2D eigenvalue weighted by molar-refractivity contribution is 6.32. The van der Waals surface area contributed by atoms with Crippen LogP contribution in [0.25, 0.3) is 11.3 Å². The summed E-state index contributed by atoms with van der Waals surface area (Å²) in [6, 6.07) is 15.8. The van der Waals surface area contributed by atoms with Gasteiger partial charge < -0.3 is 0 Å². The maximum Gasteiger partial charge on any atom is 0.269 e.